The van der Waals surface area contributed by atoms with Gasteiger partial charge in [0.1, 0.15) is 12.4 Å². The highest BCUT2D eigenvalue weighted by Crippen LogP contribution is 2.19. The van der Waals surface area contributed by atoms with Crippen LogP contribution in [0, 0.1) is 5.82 Å². The minimum Gasteiger partial charge on any atom is -0.457 e. The van der Waals surface area contributed by atoms with Gasteiger partial charge in [-0.1, -0.05) is 24.3 Å². The number of benzene rings is 2. The van der Waals surface area contributed by atoms with Crippen molar-refractivity contribution in [2.24, 2.45) is 0 Å². The number of aromatic nitrogens is 1. The molecule has 2 aromatic carbocycles. The topological polar surface area (TPSA) is 65.2 Å². The van der Waals surface area contributed by atoms with Crippen LogP contribution in [0.25, 0.3) is 10.9 Å². The van der Waals surface area contributed by atoms with Crippen molar-refractivity contribution in [1.82, 2.24) is 4.98 Å². The Bertz CT molecular complexity index is 844. The number of fused-ring (bicyclic) bond motifs is 1. The molecule has 3 aromatic rings. The van der Waals surface area contributed by atoms with Gasteiger partial charge in [0.15, 0.2) is 0 Å². The summed E-state index contributed by atoms with van der Waals surface area (Å²) in [6.07, 6.45) is 1.69. The third kappa shape index (κ3) is 2.74. The number of pyridine rings is 1. The first-order valence-electron chi connectivity index (χ1n) is 6.70. The van der Waals surface area contributed by atoms with Crippen LogP contribution in [0.15, 0.2) is 54.7 Å². The fourth-order valence-corrected chi connectivity index (χ4v) is 2.22. The quantitative estimate of drug-likeness (QED) is 0.595. The summed E-state index contributed by atoms with van der Waals surface area (Å²) in [5, 5.41) is 0.970. The van der Waals surface area contributed by atoms with E-state index in [4.69, 9.17) is 10.5 Å². The largest absolute Gasteiger partial charge is 0.457 e. The van der Waals surface area contributed by atoms with E-state index in [1.165, 1.54) is 12.1 Å². The molecule has 2 N–H and O–H groups in total. The molecule has 1 aromatic heterocycles. The molecule has 3 rings (SSSR count). The normalized spacial score (nSPS) is 10.6. The molecule has 1 heterocycles. The van der Waals surface area contributed by atoms with Crippen LogP contribution in [0.2, 0.25) is 0 Å². The van der Waals surface area contributed by atoms with Crippen molar-refractivity contribution in [2.75, 3.05) is 5.73 Å². The van der Waals surface area contributed by atoms with E-state index in [-0.39, 0.29) is 17.9 Å². The molecule has 0 bridgehead atoms. The molecule has 0 aliphatic carbocycles. The second kappa shape index (κ2) is 5.81. The van der Waals surface area contributed by atoms with Crippen LogP contribution in [-0.4, -0.2) is 11.0 Å². The molecule has 0 radical (unpaired) electrons. The summed E-state index contributed by atoms with van der Waals surface area (Å²) >= 11 is 0. The number of para-hydroxylation sites is 1. The van der Waals surface area contributed by atoms with Gasteiger partial charge >= 0.3 is 5.97 Å². The molecule has 0 spiro atoms. The second-order valence-electron chi connectivity index (χ2n) is 4.80. The van der Waals surface area contributed by atoms with Gasteiger partial charge in [-0.2, -0.15) is 0 Å². The first kappa shape index (κ1) is 14.0. The number of esters is 1. The van der Waals surface area contributed by atoms with Crippen LogP contribution in [-0.2, 0) is 11.3 Å². The second-order valence-corrected chi connectivity index (χ2v) is 4.80. The Morgan fingerprint density at radius 1 is 1.18 bits per heavy atom. The summed E-state index contributed by atoms with van der Waals surface area (Å²) in [7, 11) is 0. The van der Waals surface area contributed by atoms with Gasteiger partial charge in [0.2, 0.25) is 0 Å². The van der Waals surface area contributed by atoms with E-state index in [0.29, 0.717) is 0 Å². The number of rotatable bonds is 3. The average Bonchev–Trinajstić information content (AvgIpc) is 2.52. The van der Waals surface area contributed by atoms with Crippen molar-refractivity contribution in [1.29, 1.82) is 0 Å². The highest BCUT2D eigenvalue weighted by molar-refractivity contribution is 5.95. The van der Waals surface area contributed by atoms with Gasteiger partial charge in [-0.15, -0.1) is 0 Å². The summed E-state index contributed by atoms with van der Waals surface area (Å²) in [6.45, 7) is 0.0734. The third-order valence-electron chi connectivity index (χ3n) is 3.31. The van der Waals surface area contributed by atoms with Crippen LogP contribution < -0.4 is 5.73 Å². The predicted molar refractivity (Wildman–Crippen MR) is 81.7 cm³/mol. The molecule has 0 aliphatic heterocycles. The molecule has 0 unspecified atom stereocenters. The van der Waals surface area contributed by atoms with Gasteiger partial charge in [-0.05, 0) is 24.3 Å². The number of hydrogen-bond acceptors (Lipinski definition) is 4. The molecule has 0 amide bonds. The van der Waals surface area contributed by atoms with E-state index in [1.807, 2.05) is 30.3 Å². The number of nitrogens with zero attached hydrogens (tertiary/aromatic N) is 1. The minimum atomic E-state index is -0.592. The lowest BCUT2D eigenvalue weighted by Gasteiger charge is -2.08. The molecular weight excluding hydrogens is 283 g/mol. The molecule has 22 heavy (non-hydrogen) atoms. The highest BCUT2D eigenvalue weighted by atomic mass is 19.1. The number of carbonyl (C=O) groups is 1. The van der Waals surface area contributed by atoms with Crippen LogP contribution >= 0.6 is 0 Å². The molecule has 4 nitrogen and oxygen atoms in total. The van der Waals surface area contributed by atoms with E-state index >= 15 is 0 Å². The van der Waals surface area contributed by atoms with E-state index < -0.39 is 11.8 Å². The third-order valence-corrected chi connectivity index (χ3v) is 3.31. The molecule has 0 fully saturated rings. The van der Waals surface area contributed by atoms with Gasteiger partial charge < -0.3 is 10.5 Å². The molecule has 5 heteroatoms. The Morgan fingerprint density at radius 2 is 2.00 bits per heavy atom. The van der Waals surface area contributed by atoms with Crippen LogP contribution in [0.4, 0.5) is 10.1 Å². The van der Waals surface area contributed by atoms with Crippen LogP contribution in [0.5, 0.6) is 0 Å². The van der Waals surface area contributed by atoms with Crippen LogP contribution in [0.3, 0.4) is 0 Å². The van der Waals surface area contributed by atoms with Crippen molar-refractivity contribution in [3.63, 3.8) is 0 Å². The smallest absolute Gasteiger partial charge is 0.340 e. The van der Waals surface area contributed by atoms with E-state index in [0.717, 1.165) is 22.5 Å². The van der Waals surface area contributed by atoms with E-state index in [1.54, 1.807) is 6.20 Å². The number of nitrogens with two attached hydrogens (primary N) is 1. The average molecular weight is 296 g/mol. The zero-order valence-electron chi connectivity index (χ0n) is 11.6. The van der Waals surface area contributed by atoms with Gasteiger partial charge in [-0.3, -0.25) is 4.98 Å². The molecule has 110 valence electrons. The van der Waals surface area contributed by atoms with Gasteiger partial charge in [0, 0.05) is 22.8 Å². The van der Waals surface area contributed by atoms with Crippen molar-refractivity contribution in [2.45, 2.75) is 6.61 Å². The highest BCUT2D eigenvalue weighted by Gasteiger charge is 2.13. The first-order chi connectivity index (χ1) is 10.6. The van der Waals surface area contributed by atoms with E-state index in [2.05, 4.69) is 4.98 Å². The monoisotopic (exact) mass is 296 g/mol. The maximum absolute atomic E-state index is 13.0. The van der Waals surface area contributed by atoms with Gasteiger partial charge in [0.25, 0.3) is 0 Å². The zero-order valence-corrected chi connectivity index (χ0v) is 11.6. The maximum Gasteiger partial charge on any atom is 0.340 e. The number of ether oxygens (including phenoxy) is 1. The molecule has 0 saturated carbocycles. The molecule has 0 aliphatic rings. The minimum absolute atomic E-state index is 0.0565. The van der Waals surface area contributed by atoms with Gasteiger partial charge in [0.05, 0.1) is 11.1 Å². The summed E-state index contributed by atoms with van der Waals surface area (Å²) in [5.74, 6) is -1.09. The van der Waals surface area contributed by atoms with Crippen molar-refractivity contribution in [3.05, 3.63) is 71.7 Å². The lowest BCUT2D eigenvalue weighted by atomic mass is 10.1. The molecule has 0 saturated heterocycles. The number of nitrogen functional groups attached to an aromatic ring is 1. The standard InChI is InChI=1S/C17H13FN2O2/c18-13-6-7-14(15(19)9-13)17(21)22-10-12-4-1-3-11-5-2-8-20-16(11)12/h1-9H,10,19H2. The SMILES string of the molecule is Nc1cc(F)ccc1C(=O)OCc1cccc2cccnc12. The van der Waals surface area contributed by atoms with Crippen molar-refractivity contribution < 1.29 is 13.9 Å². The summed E-state index contributed by atoms with van der Waals surface area (Å²) in [6, 6.07) is 13.0. The number of halogens is 1. The lowest BCUT2D eigenvalue weighted by molar-refractivity contribution is 0.0475. The fraction of sp³-hybridized carbons (Fsp3) is 0.0588. The van der Waals surface area contributed by atoms with E-state index in [9.17, 15) is 9.18 Å². The number of hydrogen-bond donors (Lipinski definition) is 1. The van der Waals surface area contributed by atoms with Gasteiger partial charge in [-0.25, -0.2) is 9.18 Å². The fourth-order valence-electron chi connectivity index (χ4n) is 2.22. The summed E-state index contributed by atoms with van der Waals surface area (Å²) < 4.78 is 18.3. The first-order valence-corrected chi connectivity index (χ1v) is 6.70. The molecule has 0 atom stereocenters. The Balaban J connectivity index is 1.80. The van der Waals surface area contributed by atoms with Crippen molar-refractivity contribution in [3.8, 4) is 0 Å². The Kier molecular flexibility index (Phi) is 3.70. The zero-order chi connectivity index (χ0) is 15.5. The number of anilines is 1. The molecular formula is C17H13FN2O2. The van der Waals surface area contributed by atoms with Crippen LogP contribution in [0.1, 0.15) is 15.9 Å². The summed E-state index contributed by atoms with van der Waals surface area (Å²) in [4.78, 5) is 16.3. The Labute approximate surface area is 126 Å². The maximum atomic E-state index is 13.0. The Morgan fingerprint density at radius 3 is 2.82 bits per heavy atom. The lowest BCUT2D eigenvalue weighted by Crippen LogP contribution is -2.09. The summed E-state index contributed by atoms with van der Waals surface area (Å²) in [5.41, 5.74) is 7.41. The predicted octanol–water partition coefficient (Wildman–Crippen LogP) is 3.31. The number of carbonyl (C=O) groups excluding carboxylic acids is 1. The Hall–Kier alpha value is -2.95. The van der Waals surface area contributed by atoms with Crippen molar-refractivity contribution >= 4 is 22.6 Å².